The predicted molar refractivity (Wildman–Crippen MR) is 47.0 cm³/mol. The zero-order valence-corrected chi connectivity index (χ0v) is 7.10. The maximum absolute atomic E-state index is 4.07. The Bertz CT molecular complexity index is 191. The summed E-state index contributed by atoms with van der Waals surface area (Å²) in [5.41, 5.74) is 0. The first-order chi connectivity index (χ1) is 4.86. The fourth-order valence-electron chi connectivity index (χ4n) is 0.771. The maximum Gasteiger partial charge on any atom is 0.259 e. The molecule has 1 rings (SSSR count). The largest absolute Gasteiger partial charge is 0.585 e. The van der Waals surface area contributed by atoms with Crippen LogP contribution in [-0.2, 0) is 11.8 Å². The molecule has 1 aromatic carbocycles. The van der Waals surface area contributed by atoms with Crippen LogP contribution in [0.15, 0.2) is 29.2 Å². The van der Waals surface area contributed by atoms with Crippen LogP contribution in [0.1, 0.15) is 0 Å². The smallest absolute Gasteiger partial charge is 0.259 e. The Morgan fingerprint density at radius 1 is 1.40 bits per heavy atom. The second kappa shape index (κ2) is 3.52. The monoisotopic (exact) mass is 156 g/mol. The molecule has 0 spiro atoms. The number of thiol groups is 1. The molecule has 0 aliphatic heterocycles. The number of ether oxygens (including phenoxy) is 1. The molecular weight excluding hydrogens is 144 g/mol. The molecule has 0 heterocycles. The Labute approximate surface area is 65.4 Å². The second-order valence-corrected chi connectivity index (χ2v) is 2.93. The molecule has 0 unspecified atom stereocenters. The van der Waals surface area contributed by atoms with Crippen LogP contribution in [0.25, 0.3) is 0 Å². The van der Waals surface area contributed by atoms with Crippen LogP contribution in [0.3, 0.4) is 0 Å². The van der Waals surface area contributed by atoms with E-state index in [1.54, 1.807) is 0 Å². The molecule has 0 radical (unpaired) electrons. The first-order valence-electron chi connectivity index (χ1n) is 3.16. The highest BCUT2D eigenvalue weighted by Gasteiger charge is 2.00. The van der Waals surface area contributed by atoms with Crippen molar-refractivity contribution in [2.45, 2.75) is 4.90 Å². The number of benzene rings is 1. The van der Waals surface area contributed by atoms with Crippen molar-refractivity contribution in [2.75, 3.05) is 13.4 Å². The lowest BCUT2D eigenvalue weighted by Crippen LogP contribution is -1.81. The maximum atomic E-state index is 4.07. The second-order valence-electron chi connectivity index (χ2n) is 1.97. The predicted octanol–water partition coefficient (Wildman–Crippen LogP) is 1.36. The highest BCUT2D eigenvalue weighted by atomic mass is 32.2. The minimum Gasteiger partial charge on any atom is -0.585 e. The normalized spacial score (nSPS) is 9.40. The van der Waals surface area contributed by atoms with E-state index in [0.29, 0.717) is 0 Å². The molecule has 0 amide bonds. The first kappa shape index (κ1) is 7.48. The van der Waals surface area contributed by atoms with Gasteiger partial charge < -0.3 is 4.74 Å². The van der Waals surface area contributed by atoms with E-state index in [1.807, 2.05) is 19.2 Å². The van der Waals surface area contributed by atoms with Crippen molar-refractivity contribution in [1.82, 2.24) is 0 Å². The van der Waals surface area contributed by atoms with Crippen LogP contribution in [-0.4, -0.2) is 18.1 Å². The lowest BCUT2D eigenvalue weighted by Gasteiger charge is -1.93. The first-order valence-corrected chi connectivity index (χ1v) is 4.50. The Kier molecular flexibility index (Phi) is 2.63. The molecule has 54 valence electrons. The van der Waals surface area contributed by atoms with Gasteiger partial charge in [-0.05, 0) is 12.1 Å². The summed E-state index contributed by atoms with van der Waals surface area (Å²) in [4.78, 5) is 1.32. The lowest BCUT2D eigenvalue weighted by atomic mass is 10.3. The zero-order valence-electron chi connectivity index (χ0n) is 6.20. The van der Waals surface area contributed by atoms with E-state index in [9.17, 15) is 0 Å². The third-order valence-electron chi connectivity index (χ3n) is 1.35. The van der Waals surface area contributed by atoms with E-state index < -0.39 is 0 Å². The Morgan fingerprint density at radius 3 is 2.80 bits per heavy atom. The van der Waals surface area contributed by atoms with Gasteiger partial charge in [0.1, 0.15) is 6.26 Å². The van der Waals surface area contributed by atoms with Crippen LogP contribution in [0, 0.1) is 0 Å². The quantitative estimate of drug-likeness (QED) is 0.453. The van der Waals surface area contributed by atoms with Gasteiger partial charge in [0.05, 0.1) is 6.07 Å². The van der Waals surface area contributed by atoms with Crippen LogP contribution in [0.5, 0.6) is 5.75 Å². The van der Waals surface area contributed by atoms with Crippen LogP contribution < -0.4 is 0 Å². The van der Waals surface area contributed by atoms with E-state index in [1.165, 1.54) is 16.7 Å². The van der Waals surface area contributed by atoms with Gasteiger partial charge in [-0.2, -0.15) is 0 Å². The molecule has 0 saturated carbocycles. The van der Waals surface area contributed by atoms with Crippen LogP contribution in [0.2, 0.25) is 0 Å². The molecule has 0 aliphatic carbocycles. The molecule has 0 saturated heterocycles. The van der Waals surface area contributed by atoms with E-state index in [2.05, 4.69) is 23.1 Å². The van der Waals surface area contributed by atoms with Crippen molar-refractivity contribution in [3.63, 3.8) is 0 Å². The summed E-state index contributed by atoms with van der Waals surface area (Å²) < 4.78 is 4.07. The van der Waals surface area contributed by atoms with Gasteiger partial charge in [0.15, 0.2) is 12.0 Å². The number of rotatable bonds is 2. The average Bonchev–Trinajstić information content (AvgIpc) is 2.05. The van der Waals surface area contributed by atoms with Crippen molar-refractivity contribution < 1.29 is 4.74 Å². The molecule has 1 nitrogen and oxygen atoms in total. The Hall–Kier alpha value is -0.630. The van der Waals surface area contributed by atoms with E-state index in [0.717, 1.165) is 5.75 Å². The highest BCUT2D eigenvalue weighted by Crippen LogP contribution is 2.13. The van der Waals surface area contributed by atoms with E-state index in [4.69, 9.17) is 0 Å². The molecule has 0 aromatic heterocycles. The van der Waals surface area contributed by atoms with Gasteiger partial charge in [0, 0.05) is 17.8 Å². The highest BCUT2D eigenvalue weighted by molar-refractivity contribution is 7.77. The summed E-state index contributed by atoms with van der Waals surface area (Å²) in [6, 6.07) is 8.25. The van der Waals surface area contributed by atoms with Gasteiger partial charge >= 0.3 is 0 Å². The van der Waals surface area contributed by atoms with Crippen LogP contribution in [0.4, 0.5) is 0 Å². The Balaban J connectivity index is 2.87. The summed E-state index contributed by atoms with van der Waals surface area (Å²) >= 11 is 1.30. The zero-order chi connectivity index (χ0) is 7.40. The topological polar surface area (TPSA) is 12.8 Å². The summed E-state index contributed by atoms with van der Waals surface area (Å²) in [5, 5.41) is 0. The number of hydrogen-bond donors (Lipinski definition) is 0. The summed E-state index contributed by atoms with van der Waals surface area (Å²) in [6.07, 6.45) is 2.12. The van der Waals surface area contributed by atoms with Gasteiger partial charge in [-0.3, -0.25) is 0 Å². The summed E-state index contributed by atoms with van der Waals surface area (Å²) in [6.45, 7) is 0. The molecule has 0 fully saturated rings. The number of aromatic hydroxyl groups is 1. The summed E-state index contributed by atoms with van der Waals surface area (Å²) in [5.74, 6) is 1.06. The minimum atomic E-state index is 1.06. The number of hydrogen-bond acceptors (Lipinski definition) is 0. The van der Waals surface area contributed by atoms with Crippen molar-refractivity contribution in [1.29, 1.82) is 0 Å². The molecular formula is C8H12OS+2. The van der Waals surface area contributed by atoms with Gasteiger partial charge in [-0.1, -0.05) is 0 Å². The molecule has 1 N–H and O–H groups in total. The molecule has 0 atom stereocenters. The molecule has 0 bridgehead atoms. The van der Waals surface area contributed by atoms with Gasteiger partial charge in [0.2, 0.25) is 0 Å². The van der Waals surface area contributed by atoms with E-state index in [-0.39, 0.29) is 0 Å². The Morgan fingerprint density at radius 2 is 2.20 bits per heavy atom. The molecule has 1 aromatic rings. The average molecular weight is 156 g/mol. The third kappa shape index (κ3) is 1.67. The summed E-state index contributed by atoms with van der Waals surface area (Å²) in [7, 11) is 1.81. The minimum absolute atomic E-state index is 1.06. The SMILES string of the molecule is C[OH+]c1cccc([SH+]C)c1. The van der Waals surface area contributed by atoms with Crippen LogP contribution >= 0.6 is 0 Å². The fourth-order valence-corrected chi connectivity index (χ4v) is 1.27. The van der Waals surface area contributed by atoms with E-state index >= 15 is 0 Å². The fraction of sp³-hybridized carbons (Fsp3) is 0.250. The standard InChI is InChI=1S/C8H10OS/c1-9-7-4-3-5-8(6-7)10-2/h3-6H,1-2H3/p+2. The third-order valence-corrected chi connectivity index (χ3v) is 2.14. The van der Waals surface area contributed by atoms with Gasteiger partial charge in [-0.25, -0.2) is 0 Å². The van der Waals surface area contributed by atoms with Crippen molar-refractivity contribution in [2.24, 2.45) is 0 Å². The molecule has 10 heavy (non-hydrogen) atoms. The lowest BCUT2D eigenvalue weighted by molar-refractivity contribution is 0.136. The van der Waals surface area contributed by atoms with Gasteiger partial charge in [-0.15, -0.1) is 0 Å². The number of aliphatic hydroxyl groups is 1. The van der Waals surface area contributed by atoms with Gasteiger partial charge in [0.25, 0.3) is 5.75 Å². The van der Waals surface area contributed by atoms with Crippen molar-refractivity contribution >= 4 is 11.8 Å². The molecule has 2 heteroatoms. The molecule has 0 aliphatic rings. The van der Waals surface area contributed by atoms with Crippen molar-refractivity contribution in [3.05, 3.63) is 24.3 Å². The van der Waals surface area contributed by atoms with Crippen molar-refractivity contribution in [3.8, 4) is 5.75 Å².